The largest absolute Gasteiger partial charge is 0.485 e. The molecule has 0 aliphatic carbocycles. The highest BCUT2D eigenvalue weighted by Crippen LogP contribution is 2.33. The molecule has 0 spiro atoms. The molecule has 0 radical (unpaired) electrons. The Morgan fingerprint density at radius 2 is 2.22 bits per heavy atom. The predicted molar refractivity (Wildman–Crippen MR) is 61.3 cm³/mol. The van der Waals surface area contributed by atoms with Crippen molar-refractivity contribution in [3.05, 3.63) is 41.4 Å². The van der Waals surface area contributed by atoms with Gasteiger partial charge in [-0.15, -0.1) is 0 Å². The Morgan fingerprint density at radius 1 is 1.33 bits per heavy atom. The van der Waals surface area contributed by atoms with Gasteiger partial charge in [-0.05, 0) is 18.2 Å². The summed E-state index contributed by atoms with van der Waals surface area (Å²) in [5.74, 6) is 0.882. The van der Waals surface area contributed by atoms with E-state index in [9.17, 15) is 8.42 Å². The predicted octanol–water partition coefficient (Wildman–Crippen LogP) is 1.41. The number of sulfone groups is 1. The van der Waals surface area contributed by atoms with Gasteiger partial charge in [-0.3, -0.25) is 0 Å². The highest BCUT2D eigenvalue weighted by atomic mass is 32.2. The van der Waals surface area contributed by atoms with E-state index in [4.69, 9.17) is 4.74 Å². The van der Waals surface area contributed by atoms with Gasteiger partial charge in [0.15, 0.2) is 6.61 Å². The number of benzene rings is 1. The molecule has 0 bridgehead atoms. The molecule has 0 saturated heterocycles. The van der Waals surface area contributed by atoms with Gasteiger partial charge in [-0.25, -0.2) is 8.42 Å². The molecule has 0 saturated carbocycles. The molecular weight excluding hydrogens is 256 g/mol. The third kappa shape index (κ3) is 1.78. The quantitative estimate of drug-likeness (QED) is 0.833. The summed E-state index contributed by atoms with van der Waals surface area (Å²) in [6.45, 7) is 0.126. The van der Waals surface area contributed by atoms with Crippen molar-refractivity contribution in [3.63, 3.8) is 0 Å². The second-order valence-electron chi connectivity index (χ2n) is 3.65. The van der Waals surface area contributed by atoms with Crippen LogP contribution in [0, 0.1) is 0 Å². The van der Waals surface area contributed by atoms with Crippen LogP contribution >= 0.6 is 0 Å². The topological polar surface area (TPSA) is 82.3 Å². The van der Waals surface area contributed by atoms with Crippen LogP contribution in [0.1, 0.15) is 11.4 Å². The summed E-state index contributed by atoms with van der Waals surface area (Å²) in [5.41, 5.74) is 0.556. The van der Waals surface area contributed by atoms with Crippen molar-refractivity contribution in [2.45, 2.75) is 11.5 Å². The van der Waals surface area contributed by atoms with Crippen LogP contribution < -0.4 is 4.74 Å². The molecule has 0 unspecified atom stereocenters. The van der Waals surface area contributed by atoms with Crippen molar-refractivity contribution in [1.82, 2.24) is 10.1 Å². The summed E-state index contributed by atoms with van der Waals surface area (Å²) in [7, 11) is -3.31. The summed E-state index contributed by atoms with van der Waals surface area (Å²) < 4.78 is 33.4. The lowest BCUT2D eigenvalue weighted by Gasteiger charge is -2.07. The van der Waals surface area contributed by atoms with Crippen LogP contribution in [0.4, 0.5) is 0 Å². The van der Waals surface area contributed by atoms with Crippen LogP contribution in [0.5, 0.6) is 5.75 Å². The van der Waals surface area contributed by atoms with E-state index in [1.165, 1.54) is 17.9 Å². The average molecular weight is 264 g/mol. The van der Waals surface area contributed by atoms with Gasteiger partial charge >= 0.3 is 0 Å². The maximum absolute atomic E-state index is 11.7. The second kappa shape index (κ2) is 3.95. The molecule has 0 atom stereocenters. The van der Waals surface area contributed by atoms with Crippen molar-refractivity contribution in [1.29, 1.82) is 0 Å². The molecule has 1 aliphatic heterocycles. The van der Waals surface area contributed by atoms with E-state index < -0.39 is 9.84 Å². The monoisotopic (exact) mass is 264 g/mol. The number of hydrogen-bond donors (Lipinski definition) is 0. The Labute approximate surface area is 103 Å². The summed E-state index contributed by atoms with van der Waals surface area (Å²) in [5, 5.41) is 4.77. The summed E-state index contributed by atoms with van der Waals surface area (Å²) in [4.78, 5) is 4.07. The van der Waals surface area contributed by atoms with Gasteiger partial charge in [0.25, 0.3) is 0 Å². The van der Waals surface area contributed by atoms with E-state index in [1.54, 1.807) is 18.2 Å². The van der Waals surface area contributed by atoms with Crippen LogP contribution in [-0.2, 0) is 16.4 Å². The molecule has 92 valence electrons. The van der Waals surface area contributed by atoms with Crippen LogP contribution in [-0.4, -0.2) is 18.6 Å². The van der Waals surface area contributed by atoms with Gasteiger partial charge in [0.1, 0.15) is 5.75 Å². The molecule has 0 fully saturated rings. The first kappa shape index (κ1) is 11.0. The van der Waals surface area contributed by atoms with Crippen molar-refractivity contribution >= 4 is 15.9 Å². The Balaban J connectivity index is 1.91. The van der Waals surface area contributed by atoms with Crippen LogP contribution in [0.15, 0.2) is 39.4 Å². The van der Waals surface area contributed by atoms with Crippen molar-refractivity contribution in [3.8, 4) is 5.75 Å². The first-order valence-corrected chi connectivity index (χ1v) is 6.66. The average Bonchev–Trinajstić information content (AvgIpc) is 2.96. The van der Waals surface area contributed by atoms with Crippen LogP contribution in [0.2, 0.25) is 0 Å². The normalized spacial score (nSPS) is 15.6. The van der Waals surface area contributed by atoms with Gasteiger partial charge in [0.05, 0.1) is 4.90 Å². The molecule has 1 aromatic heterocycles. The second-order valence-corrected chi connectivity index (χ2v) is 5.45. The highest BCUT2D eigenvalue weighted by Gasteiger charge is 2.23. The van der Waals surface area contributed by atoms with E-state index in [2.05, 4.69) is 14.7 Å². The van der Waals surface area contributed by atoms with E-state index >= 15 is 0 Å². The molecule has 6 nitrogen and oxygen atoms in total. The van der Waals surface area contributed by atoms with E-state index in [0.29, 0.717) is 17.1 Å². The lowest BCUT2D eigenvalue weighted by molar-refractivity contribution is 0.285. The summed E-state index contributed by atoms with van der Waals surface area (Å²) in [6.07, 6.45) is 2.73. The number of hydrogen-bond acceptors (Lipinski definition) is 6. The van der Waals surface area contributed by atoms with Crippen molar-refractivity contribution in [2.75, 3.05) is 0 Å². The third-order valence-electron chi connectivity index (χ3n) is 2.51. The summed E-state index contributed by atoms with van der Waals surface area (Å²) in [6, 6.07) is 4.88. The fourth-order valence-corrected chi connectivity index (χ4v) is 2.90. The van der Waals surface area contributed by atoms with E-state index in [1.807, 2.05) is 0 Å². The fourth-order valence-electron chi connectivity index (χ4n) is 1.69. The zero-order valence-electron chi connectivity index (χ0n) is 9.11. The Kier molecular flexibility index (Phi) is 2.41. The molecule has 2 heterocycles. The van der Waals surface area contributed by atoms with Gasteiger partial charge < -0.3 is 9.26 Å². The molecule has 7 heteroatoms. The number of rotatable bonds is 3. The maximum atomic E-state index is 11.7. The minimum absolute atomic E-state index is 0.126. The number of ether oxygens (including phenoxy) is 1. The molecule has 18 heavy (non-hydrogen) atoms. The van der Waals surface area contributed by atoms with Crippen molar-refractivity contribution in [2.24, 2.45) is 0 Å². The molecule has 1 aliphatic rings. The SMILES string of the molecule is O=S1(=O)C=Cc2c(OCc3ncon3)cccc21. The van der Waals surface area contributed by atoms with Crippen molar-refractivity contribution < 1.29 is 17.7 Å². The lowest BCUT2D eigenvalue weighted by atomic mass is 10.2. The minimum Gasteiger partial charge on any atom is -0.485 e. The van der Waals surface area contributed by atoms with Crippen LogP contribution in [0.3, 0.4) is 0 Å². The highest BCUT2D eigenvalue weighted by molar-refractivity contribution is 7.94. The maximum Gasteiger partial charge on any atom is 0.213 e. The first-order valence-electron chi connectivity index (χ1n) is 5.11. The molecular formula is C11H8N2O4S. The molecule has 2 aromatic rings. The lowest BCUT2D eigenvalue weighted by Crippen LogP contribution is -2.00. The standard InChI is InChI=1S/C11H8N2O4S/c14-18(15)5-4-8-9(2-1-3-10(8)18)16-6-11-12-7-17-13-11/h1-5,7H,6H2. The smallest absolute Gasteiger partial charge is 0.213 e. The number of aromatic nitrogens is 2. The third-order valence-corrected chi connectivity index (χ3v) is 3.97. The Morgan fingerprint density at radius 3 is 3.00 bits per heavy atom. The zero-order chi connectivity index (χ0) is 12.6. The van der Waals surface area contributed by atoms with E-state index in [-0.39, 0.29) is 11.5 Å². The Hall–Kier alpha value is -2.15. The fraction of sp³-hybridized carbons (Fsp3) is 0.0909. The zero-order valence-corrected chi connectivity index (χ0v) is 9.92. The minimum atomic E-state index is -3.31. The Bertz CT molecular complexity index is 705. The first-order chi connectivity index (χ1) is 8.67. The molecule has 3 rings (SSSR count). The molecule has 0 amide bonds. The van der Waals surface area contributed by atoms with Gasteiger partial charge in [0, 0.05) is 11.0 Å². The van der Waals surface area contributed by atoms with Crippen LogP contribution in [0.25, 0.3) is 6.08 Å². The van der Waals surface area contributed by atoms with Gasteiger partial charge in [-0.1, -0.05) is 11.2 Å². The molecule has 0 N–H and O–H groups in total. The van der Waals surface area contributed by atoms with Gasteiger partial charge in [0.2, 0.25) is 22.1 Å². The summed E-state index contributed by atoms with van der Waals surface area (Å²) >= 11 is 0. The number of nitrogens with zero attached hydrogens (tertiary/aromatic N) is 2. The molecule has 1 aromatic carbocycles. The van der Waals surface area contributed by atoms with Gasteiger partial charge in [-0.2, -0.15) is 4.98 Å². The van der Waals surface area contributed by atoms with E-state index in [0.717, 1.165) is 0 Å². The number of fused-ring (bicyclic) bond motifs is 1.